The number of para-hydroxylation sites is 1. The minimum Gasteiger partial charge on any atom is -0.384 e. The third-order valence-corrected chi connectivity index (χ3v) is 8.42. The van der Waals surface area contributed by atoms with E-state index in [1.165, 1.54) is 37.0 Å². The highest BCUT2D eigenvalue weighted by Gasteiger charge is 2.56. The Kier molecular flexibility index (Phi) is 6.69. The Labute approximate surface area is 212 Å². The average Bonchev–Trinajstić information content (AvgIpc) is 3.70. The summed E-state index contributed by atoms with van der Waals surface area (Å²) >= 11 is 0. The highest BCUT2D eigenvalue weighted by molar-refractivity contribution is 6.12. The molecule has 2 atom stereocenters. The van der Waals surface area contributed by atoms with Crippen molar-refractivity contribution in [1.82, 2.24) is 15.2 Å². The molecule has 2 aromatic rings. The van der Waals surface area contributed by atoms with Gasteiger partial charge in [-0.05, 0) is 73.3 Å². The van der Waals surface area contributed by atoms with Crippen LogP contribution < -0.4 is 16.0 Å². The first-order valence-corrected chi connectivity index (χ1v) is 13.0. The molecule has 1 aromatic heterocycles. The molecule has 3 aliphatic rings. The molecular weight excluding hydrogens is 454 g/mol. The number of aromatic nitrogens is 1. The number of carbonyl (C=O) groups excluding carboxylic acids is 3. The van der Waals surface area contributed by atoms with Crippen LogP contribution in [0.25, 0.3) is 0 Å². The number of benzene rings is 1. The molecule has 1 saturated heterocycles. The number of hydrogen-bond acceptors (Lipinski definition) is 5. The average molecular weight is 490 g/mol. The zero-order valence-corrected chi connectivity index (χ0v) is 20.9. The second-order valence-electron chi connectivity index (χ2n) is 10.6. The van der Waals surface area contributed by atoms with E-state index in [2.05, 4.69) is 10.3 Å². The molecule has 0 bridgehead atoms. The molecule has 8 nitrogen and oxygen atoms in total. The van der Waals surface area contributed by atoms with Crippen LogP contribution in [-0.2, 0) is 16.0 Å². The van der Waals surface area contributed by atoms with Gasteiger partial charge in [0.05, 0.1) is 5.92 Å². The van der Waals surface area contributed by atoms with E-state index in [1.54, 1.807) is 25.4 Å². The van der Waals surface area contributed by atoms with E-state index >= 15 is 0 Å². The molecule has 36 heavy (non-hydrogen) atoms. The van der Waals surface area contributed by atoms with Gasteiger partial charge in [-0.15, -0.1) is 0 Å². The lowest BCUT2D eigenvalue weighted by Gasteiger charge is -2.46. The molecule has 3 fully saturated rings. The van der Waals surface area contributed by atoms with Gasteiger partial charge in [0.2, 0.25) is 5.91 Å². The largest absolute Gasteiger partial charge is 0.384 e. The van der Waals surface area contributed by atoms with Crippen LogP contribution in [0.3, 0.4) is 0 Å². The Morgan fingerprint density at radius 3 is 2.53 bits per heavy atom. The maximum absolute atomic E-state index is 13.6. The topological polar surface area (TPSA) is 109 Å². The third-order valence-electron chi connectivity index (χ3n) is 8.42. The van der Waals surface area contributed by atoms with Crippen LogP contribution in [0.5, 0.6) is 0 Å². The number of nitrogens with zero attached hydrogens (tertiary/aromatic N) is 3. The van der Waals surface area contributed by atoms with E-state index < -0.39 is 18.0 Å². The van der Waals surface area contributed by atoms with Gasteiger partial charge < -0.3 is 16.0 Å². The van der Waals surface area contributed by atoms with Crippen LogP contribution in [0.4, 0.5) is 16.3 Å². The molecule has 2 aliphatic carbocycles. The van der Waals surface area contributed by atoms with Gasteiger partial charge in [0.25, 0.3) is 5.91 Å². The molecule has 0 unspecified atom stereocenters. The molecular formula is C28H35N5O3. The van der Waals surface area contributed by atoms with Crippen molar-refractivity contribution in [3.8, 4) is 0 Å². The number of imide groups is 1. The van der Waals surface area contributed by atoms with E-state index in [0.717, 1.165) is 23.3 Å². The van der Waals surface area contributed by atoms with Gasteiger partial charge in [-0.2, -0.15) is 0 Å². The number of urea groups is 1. The Bertz CT molecular complexity index is 1130. The molecule has 2 saturated carbocycles. The minimum atomic E-state index is -0.873. The van der Waals surface area contributed by atoms with E-state index in [0.29, 0.717) is 30.4 Å². The van der Waals surface area contributed by atoms with Crippen molar-refractivity contribution in [2.24, 2.45) is 17.3 Å². The third kappa shape index (κ3) is 4.68. The second kappa shape index (κ2) is 9.91. The lowest BCUT2D eigenvalue weighted by molar-refractivity contribution is -0.156. The molecule has 0 spiro atoms. The van der Waals surface area contributed by atoms with E-state index in [1.807, 2.05) is 30.3 Å². The molecule has 1 aromatic carbocycles. The van der Waals surface area contributed by atoms with Crippen molar-refractivity contribution in [2.75, 3.05) is 24.2 Å². The van der Waals surface area contributed by atoms with E-state index in [-0.39, 0.29) is 17.2 Å². The number of likely N-dealkylation sites (tertiary alicyclic amines) is 1. The van der Waals surface area contributed by atoms with Gasteiger partial charge in [-0.1, -0.05) is 37.5 Å². The maximum atomic E-state index is 13.6. The number of pyridine rings is 1. The summed E-state index contributed by atoms with van der Waals surface area (Å²) in [5.74, 6) is -0.244. The van der Waals surface area contributed by atoms with Gasteiger partial charge in [0.1, 0.15) is 11.9 Å². The highest BCUT2D eigenvalue weighted by atomic mass is 16.2. The number of rotatable bonds is 7. The van der Waals surface area contributed by atoms with Crippen molar-refractivity contribution in [3.63, 3.8) is 0 Å². The standard InChI is InChI=1S/C28H35N5O3/c1-32(21-10-6-3-7-11-21)26(35)24-22(16-19-12-15-30-23(29)17-19)25(34)33(24)27(36)31-18-28(13-14-28)20-8-4-2-5-9-20/h3,6-7,10-12,15,17,20,22,24H,2,4-5,8-9,13-14,16,18H2,1H3,(H2,29,30)(H,31,36)/t22-,24+/m1/s1. The Morgan fingerprint density at radius 1 is 1.14 bits per heavy atom. The molecule has 190 valence electrons. The number of hydrogen-bond donors (Lipinski definition) is 2. The summed E-state index contributed by atoms with van der Waals surface area (Å²) in [5.41, 5.74) is 7.52. The number of nitrogens with one attached hydrogen (secondary N) is 1. The van der Waals surface area contributed by atoms with Crippen LogP contribution in [0.1, 0.15) is 50.5 Å². The number of anilines is 2. The molecule has 4 amide bonds. The fourth-order valence-corrected chi connectivity index (χ4v) is 6.05. The van der Waals surface area contributed by atoms with Gasteiger partial charge >= 0.3 is 6.03 Å². The Balaban J connectivity index is 1.32. The zero-order valence-electron chi connectivity index (χ0n) is 20.9. The summed E-state index contributed by atoms with van der Waals surface area (Å²) in [6.45, 7) is 0.571. The Morgan fingerprint density at radius 2 is 1.86 bits per heavy atom. The predicted octanol–water partition coefficient (Wildman–Crippen LogP) is 3.77. The molecule has 3 N–H and O–H groups in total. The number of amides is 4. The van der Waals surface area contributed by atoms with Crippen molar-refractivity contribution in [3.05, 3.63) is 54.2 Å². The number of nitrogens with two attached hydrogens (primary N) is 1. The molecule has 1 aliphatic heterocycles. The summed E-state index contributed by atoms with van der Waals surface area (Å²) in [5, 5.41) is 3.04. The molecule has 2 heterocycles. The predicted molar refractivity (Wildman–Crippen MR) is 138 cm³/mol. The number of carbonyl (C=O) groups is 3. The van der Waals surface area contributed by atoms with Gasteiger partial charge in [0.15, 0.2) is 0 Å². The summed E-state index contributed by atoms with van der Waals surface area (Å²) in [7, 11) is 1.68. The maximum Gasteiger partial charge on any atom is 0.324 e. The summed E-state index contributed by atoms with van der Waals surface area (Å²) < 4.78 is 0. The van der Waals surface area contributed by atoms with Crippen molar-refractivity contribution >= 4 is 29.4 Å². The Hall–Kier alpha value is -3.42. The van der Waals surface area contributed by atoms with Crippen LogP contribution in [-0.4, -0.2) is 47.4 Å². The fourth-order valence-electron chi connectivity index (χ4n) is 6.05. The molecule has 8 heteroatoms. The highest BCUT2D eigenvalue weighted by Crippen LogP contribution is 2.56. The summed E-state index contributed by atoms with van der Waals surface area (Å²) in [6, 6.07) is 11.4. The normalized spacial score (nSPS) is 23.0. The smallest absolute Gasteiger partial charge is 0.324 e. The van der Waals surface area contributed by atoms with Gasteiger partial charge in [-0.3, -0.25) is 14.5 Å². The fraction of sp³-hybridized carbons (Fsp3) is 0.500. The SMILES string of the molecule is CN(C(=O)[C@@H]1[C@@H](Cc2ccnc(N)c2)C(=O)N1C(=O)NCC1(C2CCCCC2)CC1)c1ccccc1. The quantitative estimate of drug-likeness (QED) is 0.576. The van der Waals surface area contributed by atoms with Gasteiger partial charge in [-0.25, -0.2) is 9.78 Å². The second-order valence-corrected chi connectivity index (χ2v) is 10.6. The number of likely N-dealkylation sites (N-methyl/N-ethyl adjacent to an activating group) is 1. The summed E-state index contributed by atoms with van der Waals surface area (Å²) in [6.07, 6.45) is 10.4. The monoisotopic (exact) mass is 489 g/mol. The van der Waals surface area contributed by atoms with Crippen LogP contribution in [0.2, 0.25) is 0 Å². The van der Waals surface area contributed by atoms with Crippen molar-refractivity contribution < 1.29 is 14.4 Å². The number of nitrogen functional groups attached to an aromatic ring is 1. The first-order valence-electron chi connectivity index (χ1n) is 13.0. The first kappa shape index (κ1) is 24.3. The lowest BCUT2D eigenvalue weighted by atomic mass is 9.77. The van der Waals surface area contributed by atoms with E-state index in [9.17, 15) is 14.4 Å². The van der Waals surface area contributed by atoms with Crippen LogP contribution >= 0.6 is 0 Å². The van der Waals surface area contributed by atoms with Gasteiger partial charge in [0, 0.05) is 25.5 Å². The zero-order chi connectivity index (χ0) is 25.3. The van der Waals surface area contributed by atoms with Crippen molar-refractivity contribution in [2.45, 2.75) is 57.4 Å². The van der Waals surface area contributed by atoms with Crippen LogP contribution in [0.15, 0.2) is 48.7 Å². The van der Waals surface area contributed by atoms with E-state index in [4.69, 9.17) is 5.73 Å². The molecule has 0 radical (unpaired) electrons. The molecule has 5 rings (SSSR count). The minimum absolute atomic E-state index is 0.165. The van der Waals surface area contributed by atoms with Crippen LogP contribution in [0, 0.1) is 17.3 Å². The summed E-state index contributed by atoms with van der Waals surface area (Å²) in [4.78, 5) is 46.9. The first-order chi connectivity index (χ1) is 17.4. The lowest BCUT2D eigenvalue weighted by Crippen LogP contribution is -2.70. The van der Waals surface area contributed by atoms with Crippen molar-refractivity contribution in [1.29, 1.82) is 0 Å². The number of β-lactam (4-membered cyclic amide) rings is 1.